The van der Waals surface area contributed by atoms with Gasteiger partial charge in [-0.05, 0) is 39.7 Å². The van der Waals surface area contributed by atoms with E-state index in [1.165, 1.54) is 0 Å². The highest BCUT2D eigenvalue weighted by atomic mass is 16.6. The molecule has 2 heterocycles. The quantitative estimate of drug-likeness (QED) is 0.718. The summed E-state index contributed by atoms with van der Waals surface area (Å²) >= 11 is 0. The number of fused-ring (bicyclic) bond motifs is 1. The molecule has 0 spiro atoms. The molecule has 6 heteroatoms. The maximum Gasteiger partial charge on any atom is 0.410 e. The van der Waals surface area contributed by atoms with Crippen LogP contribution in [0.4, 0.5) is 4.79 Å². The Kier molecular flexibility index (Phi) is 3.47. The number of hydrogen-bond acceptors (Lipinski definition) is 4. The summed E-state index contributed by atoms with van der Waals surface area (Å²) in [6.07, 6.45) is 0.424. The molecule has 3 N–H and O–H groups in total. The highest BCUT2D eigenvalue weighted by molar-refractivity contribution is 5.83. The predicted molar refractivity (Wildman–Crippen MR) is 70.4 cm³/mol. The summed E-state index contributed by atoms with van der Waals surface area (Å²) in [5, 5.41) is 3.21. The Morgan fingerprint density at radius 2 is 2.11 bits per heavy atom. The van der Waals surface area contributed by atoms with Crippen molar-refractivity contribution in [2.24, 2.45) is 17.1 Å². The summed E-state index contributed by atoms with van der Waals surface area (Å²) in [6.45, 7) is 7.82. The van der Waals surface area contributed by atoms with E-state index in [9.17, 15) is 9.59 Å². The lowest BCUT2D eigenvalue weighted by Crippen LogP contribution is -2.57. The van der Waals surface area contributed by atoms with Crippen molar-refractivity contribution in [1.82, 2.24) is 10.2 Å². The summed E-state index contributed by atoms with van der Waals surface area (Å²) in [4.78, 5) is 25.5. The van der Waals surface area contributed by atoms with Crippen LogP contribution in [0, 0.1) is 11.3 Å². The van der Waals surface area contributed by atoms with E-state index in [0.29, 0.717) is 19.6 Å². The Labute approximate surface area is 113 Å². The normalized spacial score (nSPS) is 30.9. The minimum absolute atomic E-state index is 0.226. The van der Waals surface area contributed by atoms with Gasteiger partial charge in [0.05, 0.1) is 5.41 Å². The molecule has 2 saturated heterocycles. The Bertz CT molecular complexity index is 391. The molecule has 2 amide bonds. The first kappa shape index (κ1) is 14.1. The molecule has 6 nitrogen and oxygen atoms in total. The van der Waals surface area contributed by atoms with Gasteiger partial charge in [-0.2, -0.15) is 0 Å². The Balaban J connectivity index is 2.10. The van der Waals surface area contributed by atoms with Crippen LogP contribution in [0.2, 0.25) is 0 Å². The summed E-state index contributed by atoms with van der Waals surface area (Å²) in [6, 6.07) is 0. The van der Waals surface area contributed by atoms with Gasteiger partial charge in [-0.3, -0.25) is 4.79 Å². The fourth-order valence-corrected chi connectivity index (χ4v) is 2.95. The Hall–Kier alpha value is -1.30. The molecule has 19 heavy (non-hydrogen) atoms. The van der Waals surface area contributed by atoms with Crippen LogP contribution in [0.15, 0.2) is 0 Å². The number of rotatable bonds is 1. The number of piperidine rings is 1. The monoisotopic (exact) mass is 269 g/mol. The van der Waals surface area contributed by atoms with E-state index in [2.05, 4.69) is 5.32 Å². The van der Waals surface area contributed by atoms with Crippen LogP contribution in [0.5, 0.6) is 0 Å². The zero-order valence-corrected chi connectivity index (χ0v) is 11.9. The van der Waals surface area contributed by atoms with Crippen LogP contribution in [0.3, 0.4) is 0 Å². The number of hydrogen-bond donors (Lipinski definition) is 2. The summed E-state index contributed by atoms with van der Waals surface area (Å²) in [5.74, 6) is -0.0977. The van der Waals surface area contributed by atoms with Gasteiger partial charge in [-0.15, -0.1) is 0 Å². The maximum atomic E-state index is 12.1. The number of carbonyl (C=O) groups is 2. The number of ether oxygens (including phenoxy) is 1. The van der Waals surface area contributed by atoms with Crippen LogP contribution in [-0.4, -0.2) is 48.7 Å². The van der Waals surface area contributed by atoms with E-state index in [4.69, 9.17) is 10.5 Å². The molecule has 0 aliphatic carbocycles. The van der Waals surface area contributed by atoms with Crippen LogP contribution < -0.4 is 11.1 Å². The van der Waals surface area contributed by atoms with Gasteiger partial charge in [-0.1, -0.05) is 0 Å². The lowest BCUT2D eigenvalue weighted by atomic mass is 9.73. The molecule has 0 aromatic rings. The third-order valence-electron chi connectivity index (χ3n) is 3.98. The van der Waals surface area contributed by atoms with Crippen LogP contribution in [0.25, 0.3) is 0 Å². The van der Waals surface area contributed by atoms with Gasteiger partial charge in [-0.25, -0.2) is 4.79 Å². The van der Waals surface area contributed by atoms with Crippen molar-refractivity contribution in [1.29, 1.82) is 0 Å². The first-order valence-corrected chi connectivity index (χ1v) is 6.73. The molecular weight excluding hydrogens is 246 g/mol. The summed E-state index contributed by atoms with van der Waals surface area (Å²) < 4.78 is 5.36. The number of primary amides is 1. The van der Waals surface area contributed by atoms with E-state index in [1.807, 2.05) is 20.8 Å². The molecule has 108 valence electrons. The topological polar surface area (TPSA) is 84.7 Å². The minimum atomic E-state index is -0.630. The average molecular weight is 269 g/mol. The van der Waals surface area contributed by atoms with Crippen molar-refractivity contribution in [3.05, 3.63) is 0 Å². The molecule has 2 atom stereocenters. The highest BCUT2D eigenvalue weighted by Crippen LogP contribution is 2.38. The van der Waals surface area contributed by atoms with Crippen molar-refractivity contribution in [2.75, 3.05) is 26.2 Å². The fourth-order valence-electron chi connectivity index (χ4n) is 2.95. The lowest BCUT2D eigenvalue weighted by molar-refractivity contribution is -0.131. The van der Waals surface area contributed by atoms with Crippen molar-refractivity contribution in [3.63, 3.8) is 0 Å². The number of nitrogens with zero attached hydrogens (tertiary/aromatic N) is 1. The third-order valence-corrected chi connectivity index (χ3v) is 3.98. The molecule has 0 radical (unpaired) electrons. The second-order valence-corrected chi connectivity index (χ2v) is 6.54. The van der Waals surface area contributed by atoms with Gasteiger partial charge in [0.15, 0.2) is 0 Å². The van der Waals surface area contributed by atoms with Gasteiger partial charge < -0.3 is 20.7 Å². The zero-order valence-electron chi connectivity index (χ0n) is 11.9. The van der Waals surface area contributed by atoms with Gasteiger partial charge in [0.25, 0.3) is 0 Å². The van der Waals surface area contributed by atoms with E-state index >= 15 is 0 Å². The molecular formula is C13H23N3O3. The molecule has 2 rings (SSSR count). The van der Waals surface area contributed by atoms with Crippen molar-refractivity contribution in [3.8, 4) is 0 Å². The Morgan fingerprint density at radius 1 is 1.42 bits per heavy atom. The maximum absolute atomic E-state index is 12.1. The minimum Gasteiger partial charge on any atom is -0.444 e. The van der Waals surface area contributed by atoms with E-state index in [0.717, 1.165) is 13.0 Å². The first-order chi connectivity index (χ1) is 8.74. The SMILES string of the molecule is CC(C)(C)OC(=O)N1CCC2CNCC2(C(N)=O)C1. The second kappa shape index (κ2) is 4.67. The van der Waals surface area contributed by atoms with Gasteiger partial charge in [0.1, 0.15) is 5.60 Å². The summed E-state index contributed by atoms with van der Waals surface area (Å²) in [7, 11) is 0. The van der Waals surface area contributed by atoms with Crippen LogP contribution in [-0.2, 0) is 9.53 Å². The van der Waals surface area contributed by atoms with Gasteiger partial charge >= 0.3 is 6.09 Å². The molecule has 0 aromatic carbocycles. The molecule has 0 saturated carbocycles. The standard InChI is InChI=1S/C13H23N3O3/c1-12(2,3)19-11(18)16-5-4-9-6-15-7-13(9,8-16)10(14)17/h9,15H,4-8H2,1-3H3,(H2,14,17). The molecule has 2 unspecified atom stereocenters. The number of nitrogens with one attached hydrogen (secondary N) is 1. The Morgan fingerprint density at radius 3 is 2.68 bits per heavy atom. The number of amides is 2. The zero-order chi connectivity index (χ0) is 14.3. The van der Waals surface area contributed by atoms with Crippen molar-refractivity contribution in [2.45, 2.75) is 32.8 Å². The van der Waals surface area contributed by atoms with Gasteiger partial charge in [0, 0.05) is 19.6 Å². The molecule has 2 aliphatic heterocycles. The van der Waals surface area contributed by atoms with E-state index in [1.54, 1.807) is 4.90 Å². The lowest BCUT2D eigenvalue weighted by Gasteiger charge is -2.42. The second-order valence-electron chi connectivity index (χ2n) is 6.54. The van der Waals surface area contributed by atoms with Crippen LogP contribution in [0.1, 0.15) is 27.2 Å². The van der Waals surface area contributed by atoms with Crippen molar-refractivity contribution >= 4 is 12.0 Å². The smallest absolute Gasteiger partial charge is 0.410 e. The molecule has 0 aromatic heterocycles. The predicted octanol–water partition coefficient (Wildman–Crippen LogP) is 0.318. The van der Waals surface area contributed by atoms with Crippen LogP contribution >= 0.6 is 0 Å². The van der Waals surface area contributed by atoms with E-state index < -0.39 is 11.0 Å². The first-order valence-electron chi connectivity index (χ1n) is 6.73. The number of likely N-dealkylation sites (tertiary alicyclic amines) is 1. The highest BCUT2D eigenvalue weighted by Gasteiger charge is 2.52. The fraction of sp³-hybridized carbons (Fsp3) is 0.846. The van der Waals surface area contributed by atoms with Crippen molar-refractivity contribution < 1.29 is 14.3 Å². The third kappa shape index (κ3) is 2.68. The molecule has 2 fully saturated rings. The number of carbonyl (C=O) groups excluding carboxylic acids is 2. The number of nitrogens with two attached hydrogens (primary N) is 1. The summed E-state index contributed by atoms with van der Waals surface area (Å²) in [5.41, 5.74) is 4.42. The van der Waals surface area contributed by atoms with Gasteiger partial charge in [0.2, 0.25) is 5.91 Å². The largest absolute Gasteiger partial charge is 0.444 e. The van der Waals surface area contributed by atoms with E-state index in [-0.39, 0.29) is 17.9 Å². The average Bonchev–Trinajstić information content (AvgIpc) is 2.70. The molecule has 0 bridgehead atoms. The molecule has 2 aliphatic rings.